The van der Waals surface area contributed by atoms with Gasteiger partial charge in [0.1, 0.15) is 39.7 Å². The molecular formula is C27H22O7. The average molecular weight is 458 g/mol. The van der Waals surface area contributed by atoms with Crippen LogP contribution in [0.25, 0.3) is 22.3 Å². The van der Waals surface area contributed by atoms with Crippen molar-refractivity contribution in [2.75, 3.05) is 21.3 Å². The summed E-state index contributed by atoms with van der Waals surface area (Å²) in [6, 6.07) is 17.8. The Bertz CT molecular complexity index is 1450. The van der Waals surface area contributed by atoms with Crippen LogP contribution in [-0.4, -0.2) is 27.3 Å². The lowest BCUT2D eigenvalue weighted by Crippen LogP contribution is -2.22. The molecule has 0 fully saturated rings. The van der Waals surface area contributed by atoms with E-state index in [1.165, 1.54) is 13.2 Å². The second-order valence-corrected chi connectivity index (χ2v) is 7.87. The van der Waals surface area contributed by atoms with Gasteiger partial charge in [-0.15, -0.1) is 0 Å². The molecule has 0 bridgehead atoms. The van der Waals surface area contributed by atoms with Gasteiger partial charge in [-0.25, -0.2) is 0 Å². The lowest BCUT2D eigenvalue weighted by molar-refractivity contribution is -0.135. The topological polar surface area (TPSA) is 84.2 Å². The van der Waals surface area contributed by atoms with Crippen molar-refractivity contribution in [3.05, 3.63) is 82.0 Å². The number of rotatable bonds is 5. The molecule has 0 saturated heterocycles. The molecule has 0 N–H and O–H groups in total. The number of hydrogen-bond donors (Lipinski definition) is 0. The maximum absolute atomic E-state index is 13.3. The van der Waals surface area contributed by atoms with Crippen LogP contribution >= 0.6 is 0 Å². The highest BCUT2D eigenvalue weighted by atomic mass is 16.5. The van der Waals surface area contributed by atoms with Crippen molar-refractivity contribution >= 4 is 16.9 Å². The monoisotopic (exact) mass is 458 g/mol. The van der Waals surface area contributed by atoms with Crippen molar-refractivity contribution in [3.63, 3.8) is 0 Å². The van der Waals surface area contributed by atoms with Crippen LogP contribution in [0.3, 0.4) is 0 Å². The number of esters is 1. The largest absolute Gasteiger partial charge is 0.497 e. The molecule has 7 nitrogen and oxygen atoms in total. The van der Waals surface area contributed by atoms with E-state index in [9.17, 15) is 9.59 Å². The Labute approximate surface area is 195 Å². The fourth-order valence-corrected chi connectivity index (χ4v) is 4.42. The second kappa shape index (κ2) is 8.59. The van der Waals surface area contributed by atoms with E-state index in [-0.39, 0.29) is 28.7 Å². The van der Waals surface area contributed by atoms with Crippen molar-refractivity contribution in [1.29, 1.82) is 0 Å². The maximum Gasteiger partial charge on any atom is 0.312 e. The van der Waals surface area contributed by atoms with Gasteiger partial charge in [-0.2, -0.15) is 0 Å². The van der Waals surface area contributed by atoms with Crippen LogP contribution in [-0.2, 0) is 4.79 Å². The summed E-state index contributed by atoms with van der Waals surface area (Å²) in [6.07, 6.45) is 0.0520. The Morgan fingerprint density at radius 2 is 1.62 bits per heavy atom. The summed E-state index contributed by atoms with van der Waals surface area (Å²) in [5.74, 6) is 1.27. The number of hydrogen-bond acceptors (Lipinski definition) is 7. The Morgan fingerprint density at radius 3 is 2.32 bits per heavy atom. The van der Waals surface area contributed by atoms with Crippen LogP contribution in [0.1, 0.15) is 23.5 Å². The van der Waals surface area contributed by atoms with E-state index >= 15 is 0 Å². The fraction of sp³-hybridized carbons (Fsp3) is 0.185. The number of methoxy groups -OCH3 is 3. The van der Waals surface area contributed by atoms with Gasteiger partial charge in [0.05, 0.1) is 27.8 Å². The van der Waals surface area contributed by atoms with Gasteiger partial charge in [0, 0.05) is 40.8 Å². The van der Waals surface area contributed by atoms with Crippen LogP contribution in [0.15, 0.2) is 69.9 Å². The maximum atomic E-state index is 13.3. The van der Waals surface area contributed by atoms with Crippen LogP contribution in [0.2, 0.25) is 0 Å². The fourth-order valence-electron chi connectivity index (χ4n) is 4.42. The van der Waals surface area contributed by atoms with E-state index in [4.69, 9.17) is 23.4 Å². The SMILES string of the molecule is COc1ccc([C@@H]2CC(=O)Oc3cc(OC)c4c(=O)cc(-c5ccccc5)oc4c32)c(OC)c1. The van der Waals surface area contributed by atoms with E-state index in [1.807, 2.05) is 36.4 Å². The quantitative estimate of drug-likeness (QED) is 0.310. The summed E-state index contributed by atoms with van der Waals surface area (Å²) in [6.45, 7) is 0. The van der Waals surface area contributed by atoms with Gasteiger partial charge < -0.3 is 23.4 Å². The first-order chi connectivity index (χ1) is 16.5. The lowest BCUT2D eigenvalue weighted by atomic mass is 9.84. The molecule has 0 radical (unpaired) electrons. The zero-order valence-electron chi connectivity index (χ0n) is 18.9. The molecule has 3 aromatic carbocycles. The van der Waals surface area contributed by atoms with Gasteiger partial charge in [-0.1, -0.05) is 36.4 Å². The third-order valence-corrected chi connectivity index (χ3v) is 6.00. The van der Waals surface area contributed by atoms with E-state index in [0.29, 0.717) is 28.4 Å². The predicted molar refractivity (Wildman–Crippen MR) is 126 cm³/mol. The van der Waals surface area contributed by atoms with E-state index in [0.717, 1.165) is 11.1 Å². The van der Waals surface area contributed by atoms with Gasteiger partial charge in [-0.3, -0.25) is 9.59 Å². The first kappa shape index (κ1) is 21.6. The predicted octanol–water partition coefficient (Wildman–Crippen LogP) is 4.93. The summed E-state index contributed by atoms with van der Waals surface area (Å²) >= 11 is 0. The molecule has 2 heterocycles. The van der Waals surface area contributed by atoms with E-state index in [1.54, 1.807) is 32.4 Å². The summed E-state index contributed by atoms with van der Waals surface area (Å²) in [5.41, 5.74) is 2.16. The highest BCUT2D eigenvalue weighted by Gasteiger charge is 2.35. The van der Waals surface area contributed by atoms with Crippen molar-refractivity contribution in [1.82, 2.24) is 0 Å². The summed E-state index contributed by atoms with van der Waals surface area (Å²) in [7, 11) is 4.59. The number of ether oxygens (including phenoxy) is 4. The third kappa shape index (κ3) is 3.55. The lowest BCUT2D eigenvalue weighted by Gasteiger charge is -2.27. The molecule has 0 aliphatic carbocycles. The standard InChI is InChI=1S/C27H22O7/c1-30-16-9-10-17(21(11-16)31-2)18-12-24(29)33-23-14-22(32-3)26-19(28)13-20(34-27(26)25(18)23)15-7-5-4-6-8-15/h4-11,13-14,18H,12H2,1-3H3/t18-/m0/s1. The number of carbonyl (C=O) groups is 1. The highest BCUT2D eigenvalue weighted by molar-refractivity contribution is 5.93. The molecule has 1 aromatic heterocycles. The molecular weight excluding hydrogens is 436 g/mol. The Hall–Kier alpha value is -4.26. The smallest absolute Gasteiger partial charge is 0.312 e. The molecule has 172 valence electrons. The summed E-state index contributed by atoms with van der Waals surface area (Å²) < 4.78 is 28.3. The van der Waals surface area contributed by atoms with Gasteiger partial charge in [-0.05, 0) is 6.07 Å². The van der Waals surface area contributed by atoms with Gasteiger partial charge in [0.2, 0.25) is 0 Å². The molecule has 1 atom stereocenters. The molecule has 0 saturated carbocycles. The average Bonchev–Trinajstić information content (AvgIpc) is 2.87. The Morgan fingerprint density at radius 1 is 0.853 bits per heavy atom. The molecule has 1 aliphatic rings. The first-order valence-electron chi connectivity index (χ1n) is 10.7. The number of carbonyl (C=O) groups excluding carboxylic acids is 1. The number of fused-ring (bicyclic) bond motifs is 3. The highest BCUT2D eigenvalue weighted by Crippen LogP contribution is 2.48. The molecule has 0 unspecified atom stereocenters. The molecule has 1 aliphatic heterocycles. The van der Waals surface area contributed by atoms with Crippen LogP contribution in [0.5, 0.6) is 23.0 Å². The van der Waals surface area contributed by atoms with Crippen LogP contribution in [0, 0.1) is 0 Å². The van der Waals surface area contributed by atoms with Crippen LogP contribution < -0.4 is 24.4 Å². The minimum Gasteiger partial charge on any atom is -0.497 e. The third-order valence-electron chi connectivity index (χ3n) is 6.00. The minimum atomic E-state index is -0.473. The normalized spacial score (nSPS) is 14.9. The molecule has 4 aromatic rings. The van der Waals surface area contributed by atoms with Crippen molar-refractivity contribution < 1.29 is 28.2 Å². The summed E-state index contributed by atoms with van der Waals surface area (Å²) in [5, 5.41) is 0.288. The Balaban J connectivity index is 1.84. The van der Waals surface area contributed by atoms with Crippen LogP contribution in [0.4, 0.5) is 0 Å². The molecule has 7 heteroatoms. The Kier molecular flexibility index (Phi) is 5.45. The second-order valence-electron chi connectivity index (χ2n) is 7.87. The van der Waals surface area contributed by atoms with E-state index < -0.39 is 11.9 Å². The zero-order valence-corrected chi connectivity index (χ0v) is 18.9. The summed E-state index contributed by atoms with van der Waals surface area (Å²) in [4.78, 5) is 25.9. The van der Waals surface area contributed by atoms with Crippen molar-refractivity contribution in [2.45, 2.75) is 12.3 Å². The van der Waals surface area contributed by atoms with Gasteiger partial charge in [0.15, 0.2) is 5.43 Å². The number of benzene rings is 3. The molecule has 34 heavy (non-hydrogen) atoms. The molecule has 5 rings (SSSR count). The minimum absolute atomic E-state index is 0.0520. The van der Waals surface area contributed by atoms with E-state index in [2.05, 4.69) is 0 Å². The molecule has 0 spiro atoms. The van der Waals surface area contributed by atoms with Crippen molar-refractivity contribution in [3.8, 4) is 34.3 Å². The first-order valence-corrected chi connectivity index (χ1v) is 10.7. The zero-order chi connectivity index (χ0) is 23.8. The molecule has 0 amide bonds. The van der Waals surface area contributed by atoms with Gasteiger partial charge >= 0.3 is 5.97 Å². The van der Waals surface area contributed by atoms with Crippen molar-refractivity contribution in [2.24, 2.45) is 0 Å². The van der Waals surface area contributed by atoms with Gasteiger partial charge in [0.25, 0.3) is 0 Å².